The van der Waals surface area contributed by atoms with Gasteiger partial charge in [0, 0.05) is 15.8 Å². The monoisotopic (exact) mass is 358 g/mol. The van der Waals surface area contributed by atoms with E-state index < -0.39 is 0 Å². The van der Waals surface area contributed by atoms with Gasteiger partial charge in [-0.15, -0.1) is 22.7 Å². The molecule has 0 bridgehead atoms. The molecule has 0 aliphatic carbocycles. The second-order valence-corrected chi connectivity index (χ2v) is 7.38. The summed E-state index contributed by atoms with van der Waals surface area (Å²) in [5.74, 6) is 0.709. The van der Waals surface area contributed by atoms with Gasteiger partial charge < -0.3 is 4.74 Å². The molecule has 1 amide bonds. The number of methoxy groups -OCH3 is 1. The van der Waals surface area contributed by atoms with Crippen molar-refractivity contribution in [2.24, 2.45) is 0 Å². The Hall–Kier alpha value is -2.18. The molecule has 6 heteroatoms. The zero-order chi connectivity index (χ0) is 17.1. The smallest absolute Gasteiger partial charge is 0.267 e. The van der Waals surface area contributed by atoms with Gasteiger partial charge in [-0.1, -0.05) is 6.92 Å². The maximum atomic E-state index is 12.4. The van der Waals surface area contributed by atoms with Crippen molar-refractivity contribution in [2.75, 3.05) is 12.4 Å². The lowest BCUT2D eigenvalue weighted by atomic mass is 10.2. The largest absolute Gasteiger partial charge is 0.497 e. The lowest BCUT2D eigenvalue weighted by Gasteiger charge is -2.01. The summed E-state index contributed by atoms with van der Waals surface area (Å²) in [6, 6.07) is 9.67. The molecule has 2 heterocycles. The van der Waals surface area contributed by atoms with E-state index in [1.807, 2.05) is 42.6 Å². The fraction of sp³-hybridized carbons (Fsp3) is 0.222. The molecule has 4 nitrogen and oxygen atoms in total. The molecule has 124 valence electrons. The molecule has 0 saturated heterocycles. The maximum absolute atomic E-state index is 12.4. The van der Waals surface area contributed by atoms with Gasteiger partial charge in [0.15, 0.2) is 5.13 Å². The van der Waals surface area contributed by atoms with Crippen molar-refractivity contribution < 1.29 is 9.53 Å². The molecule has 0 unspecified atom stereocenters. The standard InChI is InChI=1S/C18H18N2O2S2/c1-4-12-9-16(24-11(12)2)17(21)20-18-19-15(10-23-18)13-5-7-14(22-3)8-6-13/h5-10H,4H2,1-3H3,(H,19,20,21). The molecule has 3 aromatic rings. The number of carbonyl (C=O) groups excluding carboxylic acids is 1. The molecular formula is C18H18N2O2S2. The number of hydrogen-bond donors (Lipinski definition) is 1. The number of amides is 1. The van der Waals surface area contributed by atoms with E-state index in [9.17, 15) is 4.79 Å². The van der Waals surface area contributed by atoms with Gasteiger partial charge in [0.25, 0.3) is 5.91 Å². The van der Waals surface area contributed by atoms with Crippen LogP contribution in [-0.2, 0) is 6.42 Å². The van der Waals surface area contributed by atoms with Crippen LogP contribution in [-0.4, -0.2) is 18.0 Å². The van der Waals surface area contributed by atoms with Gasteiger partial charge in [-0.25, -0.2) is 4.98 Å². The second kappa shape index (κ2) is 7.15. The van der Waals surface area contributed by atoms with Crippen molar-refractivity contribution in [3.63, 3.8) is 0 Å². The first-order valence-electron chi connectivity index (χ1n) is 7.61. The number of thiazole rings is 1. The van der Waals surface area contributed by atoms with Crippen molar-refractivity contribution in [1.82, 2.24) is 4.98 Å². The van der Waals surface area contributed by atoms with Crippen LogP contribution in [0.1, 0.15) is 27.0 Å². The molecule has 3 rings (SSSR count). The fourth-order valence-corrected chi connectivity index (χ4v) is 4.09. The van der Waals surface area contributed by atoms with Gasteiger partial charge in [0.05, 0.1) is 17.7 Å². The van der Waals surface area contributed by atoms with Crippen LogP contribution in [0.2, 0.25) is 0 Å². The number of benzene rings is 1. The van der Waals surface area contributed by atoms with E-state index in [0.29, 0.717) is 5.13 Å². The normalized spacial score (nSPS) is 10.6. The average Bonchev–Trinajstić information content (AvgIpc) is 3.21. The molecule has 0 spiro atoms. The predicted octanol–water partition coefficient (Wildman–Crippen LogP) is 5.00. The van der Waals surface area contributed by atoms with E-state index in [0.717, 1.165) is 28.3 Å². The molecule has 0 saturated carbocycles. The summed E-state index contributed by atoms with van der Waals surface area (Å²) in [4.78, 5) is 18.8. The van der Waals surface area contributed by atoms with Gasteiger partial charge in [-0.2, -0.15) is 0 Å². The highest BCUT2D eigenvalue weighted by molar-refractivity contribution is 7.15. The van der Waals surface area contributed by atoms with Crippen molar-refractivity contribution in [2.45, 2.75) is 20.3 Å². The Labute approximate surface area is 149 Å². The number of aryl methyl sites for hydroxylation is 2. The molecule has 24 heavy (non-hydrogen) atoms. The van der Waals surface area contributed by atoms with E-state index in [-0.39, 0.29) is 5.91 Å². The van der Waals surface area contributed by atoms with E-state index in [1.54, 1.807) is 7.11 Å². The highest BCUT2D eigenvalue weighted by Crippen LogP contribution is 2.28. The molecular weight excluding hydrogens is 340 g/mol. The Morgan fingerprint density at radius 1 is 1.29 bits per heavy atom. The van der Waals surface area contributed by atoms with Crippen LogP contribution in [0.25, 0.3) is 11.3 Å². The number of ether oxygens (including phenoxy) is 1. The minimum absolute atomic E-state index is 0.0987. The maximum Gasteiger partial charge on any atom is 0.267 e. The summed E-state index contributed by atoms with van der Waals surface area (Å²) >= 11 is 2.95. The second-order valence-electron chi connectivity index (χ2n) is 5.27. The highest BCUT2D eigenvalue weighted by atomic mass is 32.1. The summed E-state index contributed by atoms with van der Waals surface area (Å²) in [5, 5.41) is 5.44. The van der Waals surface area contributed by atoms with E-state index in [1.165, 1.54) is 33.1 Å². The Bertz CT molecular complexity index is 850. The van der Waals surface area contributed by atoms with Crippen molar-refractivity contribution in [3.05, 3.63) is 51.0 Å². The van der Waals surface area contributed by atoms with Crippen molar-refractivity contribution in [3.8, 4) is 17.0 Å². The zero-order valence-corrected chi connectivity index (χ0v) is 15.4. The third-order valence-corrected chi connectivity index (χ3v) is 5.58. The highest BCUT2D eigenvalue weighted by Gasteiger charge is 2.14. The van der Waals surface area contributed by atoms with Crippen LogP contribution in [0, 0.1) is 6.92 Å². The van der Waals surface area contributed by atoms with Crippen LogP contribution < -0.4 is 10.1 Å². The number of aromatic nitrogens is 1. The van der Waals surface area contributed by atoms with Gasteiger partial charge in [-0.05, 0) is 49.2 Å². The van der Waals surface area contributed by atoms with Crippen molar-refractivity contribution in [1.29, 1.82) is 0 Å². The molecule has 0 aliphatic heterocycles. The Morgan fingerprint density at radius 2 is 2.04 bits per heavy atom. The lowest BCUT2D eigenvalue weighted by Crippen LogP contribution is -2.09. The minimum Gasteiger partial charge on any atom is -0.497 e. The molecule has 0 atom stereocenters. The molecule has 0 radical (unpaired) electrons. The van der Waals surface area contributed by atoms with E-state index in [4.69, 9.17) is 4.74 Å². The fourth-order valence-electron chi connectivity index (χ4n) is 2.37. The molecule has 0 fully saturated rings. The summed E-state index contributed by atoms with van der Waals surface area (Å²) in [6.07, 6.45) is 0.939. The van der Waals surface area contributed by atoms with Crippen LogP contribution in [0.3, 0.4) is 0 Å². The first kappa shape index (κ1) is 16.7. The number of rotatable bonds is 5. The SMILES string of the molecule is CCc1cc(C(=O)Nc2nc(-c3ccc(OC)cc3)cs2)sc1C. The summed E-state index contributed by atoms with van der Waals surface area (Å²) in [5.41, 5.74) is 3.06. The van der Waals surface area contributed by atoms with Crippen LogP contribution >= 0.6 is 22.7 Å². The number of thiophene rings is 1. The third kappa shape index (κ3) is 3.49. The Balaban J connectivity index is 1.74. The predicted molar refractivity (Wildman–Crippen MR) is 100 cm³/mol. The van der Waals surface area contributed by atoms with Gasteiger partial charge in [0.2, 0.25) is 0 Å². The number of nitrogens with zero attached hydrogens (tertiary/aromatic N) is 1. The molecule has 1 aromatic carbocycles. The van der Waals surface area contributed by atoms with Crippen LogP contribution in [0.15, 0.2) is 35.7 Å². The van der Waals surface area contributed by atoms with Gasteiger partial charge >= 0.3 is 0 Å². The van der Waals surface area contributed by atoms with Crippen LogP contribution in [0.5, 0.6) is 5.75 Å². The number of hydrogen-bond acceptors (Lipinski definition) is 5. The quantitative estimate of drug-likeness (QED) is 0.698. The van der Waals surface area contributed by atoms with E-state index >= 15 is 0 Å². The number of anilines is 1. The average molecular weight is 358 g/mol. The first-order valence-corrected chi connectivity index (χ1v) is 9.31. The summed E-state index contributed by atoms with van der Waals surface area (Å²) in [6.45, 7) is 4.14. The first-order chi connectivity index (χ1) is 11.6. The van der Waals surface area contributed by atoms with Gasteiger partial charge in [0.1, 0.15) is 5.75 Å². The Kier molecular flexibility index (Phi) is 4.97. The van der Waals surface area contributed by atoms with Crippen molar-refractivity contribution >= 4 is 33.7 Å². The minimum atomic E-state index is -0.0987. The topological polar surface area (TPSA) is 51.2 Å². The Morgan fingerprint density at radius 3 is 2.67 bits per heavy atom. The van der Waals surface area contributed by atoms with Gasteiger partial charge in [-0.3, -0.25) is 10.1 Å². The number of carbonyl (C=O) groups is 1. The molecule has 0 aliphatic rings. The summed E-state index contributed by atoms with van der Waals surface area (Å²) < 4.78 is 5.16. The molecule has 1 N–H and O–H groups in total. The third-order valence-electron chi connectivity index (χ3n) is 3.74. The summed E-state index contributed by atoms with van der Waals surface area (Å²) in [7, 11) is 1.64. The van der Waals surface area contributed by atoms with E-state index in [2.05, 4.69) is 17.2 Å². The molecule has 2 aromatic heterocycles. The zero-order valence-electron chi connectivity index (χ0n) is 13.8. The van der Waals surface area contributed by atoms with Crippen LogP contribution in [0.4, 0.5) is 5.13 Å². The lowest BCUT2D eigenvalue weighted by molar-refractivity contribution is 0.103. The number of nitrogens with one attached hydrogen (secondary N) is 1.